The lowest BCUT2D eigenvalue weighted by atomic mass is 10.2. The van der Waals surface area contributed by atoms with Gasteiger partial charge in [0.15, 0.2) is 34.8 Å². The van der Waals surface area contributed by atoms with Gasteiger partial charge in [-0.15, -0.1) is 20.4 Å². The van der Waals surface area contributed by atoms with Gasteiger partial charge in [0.05, 0.1) is 75.6 Å². The van der Waals surface area contributed by atoms with E-state index in [0.717, 1.165) is 24.8 Å². The quantitative estimate of drug-likeness (QED) is 0.0572. The number of allylic oxidation sites excluding steroid dienone is 2. The summed E-state index contributed by atoms with van der Waals surface area (Å²) in [6.07, 6.45) is 9.45. The zero-order valence-corrected chi connectivity index (χ0v) is 49.9. The smallest absolute Gasteiger partial charge is 0.262 e. The first kappa shape index (κ1) is 59.6. The number of benzene rings is 2. The van der Waals surface area contributed by atoms with Gasteiger partial charge in [-0.2, -0.15) is 0 Å². The molecule has 0 aliphatic carbocycles. The first-order valence-corrected chi connectivity index (χ1v) is 35.0. The molecule has 2 aromatic carbocycles. The highest BCUT2D eigenvalue weighted by Gasteiger charge is 2.37. The van der Waals surface area contributed by atoms with Crippen molar-refractivity contribution in [2.75, 3.05) is 50.1 Å². The van der Waals surface area contributed by atoms with Crippen LogP contribution in [0.3, 0.4) is 0 Å². The zero-order valence-electron chi connectivity index (χ0n) is 46.2. The number of rotatable bonds is 22. The molecule has 0 aliphatic rings. The maximum atomic E-state index is 14.2. The van der Waals surface area contributed by atoms with Crippen molar-refractivity contribution in [1.82, 2.24) is 49.5 Å². The second-order valence-corrected chi connectivity index (χ2v) is 35.4. The van der Waals surface area contributed by atoms with Crippen LogP contribution in [0.1, 0.15) is 25.5 Å². The van der Waals surface area contributed by atoms with E-state index in [9.17, 15) is 25.6 Å². The number of sulfonamides is 2. The summed E-state index contributed by atoms with van der Waals surface area (Å²) in [4.78, 5) is 15.4. The summed E-state index contributed by atoms with van der Waals surface area (Å²) in [6.45, 7) is 16.0. The van der Waals surface area contributed by atoms with Gasteiger partial charge >= 0.3 is 0 Å². The summed E-state index contributed by atoms with van der Waals surface area (Å²) in [5.41, 5.74) is 0.797. The van der Waals surface area contributed by atoms with Crippen molar-refractivity contribution in [2.45, 2.75) is 65.2 Å². The average molecular weight is 1170 g/mol. The van der Waals surface area contributed by atoms with Crippen LogP contribution in [0.15, 0.2) is 117 Å². The van der Waals surface area contributed by atoms with Crippen molar-refractivity contribution in [3.05, 3.63) is 131 Å². The number of hydrogen-bond acceptors (Lipinski definition) is 18. The fourth-order valence-electron chi connectivity index (χ4n) is 7.70. The minimum Gasteiger partial charge on any atom is -0.494 e. The van der Waals surface area contributed by atoms with Crippen molar-refractivity contribution in [3.8, 4) is 57.5 Å². The van der Waals surface area contributed by atoms with Gasteiger partial charge < -0.3 is 27.8 Å². The lowest BCUT2D eigenvalue weighted by Gasteiger charge is -2.27. The molecule has 8 aromatic rings. The lowest BCUT2D eigenvalue weighted by molar-refractivity contribution is 0.391. The molecule has 0 saturated heterocycles. The summed E-state index contributed by atoms with van der Waals surface area (Å²) < 4.78 is 123. The highest BCUT2D eigenvalue weighted by atomic mass is 32.2. The van der Waals surface area contributed by atoms with Gasteiger partial charge in [0, 0.05) is 29.2 Å². The number of aromatic nitrogens is 10. The third kappa shape index (κ3) is 13.7. The SMILES string of the molecule is COc1cccc(OC)c1-n1c(-c2ccco2)nnc1N(CC[Si](C)(C)C)S(=O)(=O)/C(C)=C/c1ncc(F)cn1.COc1cccc(OC)c1-n1c(-c2ccco2)nnc1N(CC[Si](C)(C)C)S(=O)(=O)/C(C)=C\c1ncc(F)cn1. The molecule has 0 atom stereocenters. The van der Waals surface area contributed by atoms with E-state index < -0.39 is 47.8 Å². The third-order valence-corrected chi connectivity index (χ3v) is 19.1. The van der Waals surface area contributed by atoms with Crippen LogP contribution in [0.4, 0.5) is 20.7 Å². The van der Waals surface area contributed by atoms with Crippen LogP contribution >= 0.6 is 0 Å². The number of furan rings is 2. The van der Waals surface area contributed by atoms with E-state index in [1.165, 1.54) is 75.6 Å². The van der Waals surface area contributed by atoms with Crippen LogP contribution in [-0.2, 0) is 20.0 Å². The topological polar surface area (TPSA) is 251 Å². The van der Waals surface area contributed by atoms with Crippen molar-refractivity contribution >= 4 is 60.2 Å². The Hall–Kier alpha value is -8.09. The van der Waals surface area contributed by atoms with Gasteiger partial charge in [-0.1, -0.05) is 51.4 Å². The Labute approximate surface area is 464 Å². The maximum Gasteiger partial charge on any atom is 0.262 e. The summed E-state index contributed by atoms with van der Waals surface area (Å²) >= 11 is 0. The van der Waals surface area contributed by atoms with Crippen LogP contribution < -0.4 is 27.6 Å². The third-order valence-electron chi connectivity index (χ3n) is 11.9. The van der Waals surface area contributed by atoms with Crippen LogP contribution in [0, 0.1) is 11.6 Å². The van der Waals surface area contributed by atoms with Gasteiger partial charge in [0.25, 0.3) is 20.0 Å². The van der Waals surface area contributed by atoms with Gasteiger partial charge in [-0.05, 0) is 86.6 Å². The average Bonchev–Trinajstić information content (AvgIpc) is 4.32. The molecule has 0 spiro atoms. The molecule has 8 rings (SSSR count). The summed E-state index contributed by atoms with van der Waals surface area (Å²) in [6, 6.07) is 18.5. The van der Waals surface area contributed by atoms with Crippen LogP contribution in [0.5, 0.6) is 23.0 Å². The van der Waals surface area contributed by atoms with Crippen LogP contribution in [0.25, 0.3) is 46.7 Å². The van der Waals surface area contributed by atoms with E-state index in [-0.39, 0.29) is 58.1 Å². The second-order valence-electron chi connectivity index (χ2n) is 20.1. The Kier molecular flexibility index (Phi) is 18.6. The predicted octanol–water partition coefficient (Wildman–Crippen LogP) is 10.0. The molecule has 80 heavy (non-hydrogen) atoms. The van der Waals surface area contributed by atoms with Gasteiger partial charge in [0.1, 0.15) is 34.4 Å². The molecule has 0 amide bonds. The zero-order chi connectivity index (χ0) is 58.2. The first-order valence-electron chi connectivity index (χ1n) is 24.7. The molecule has 6 aromatic heterocycles. The fourth-order valence-corrected chi connectivity index (χ4v) is 12.4. The normalized spacial score (nSPS) is 12.4. The Morgan fingerprint density at radius 3 is 1.14 bits per heavy atom. The van der Waals surface area contributed by atoms with Crippen molar-refractivity contribution in [1.29, 1.82) is 0 Å². The van der Waals surface area contributed by atoms with E-state index in [4.69, 9.17) is 27.8 Å². The second kappa shape index (κ2) is 24.9. The highest BCUT2D eigenvalue weighted by Crippen LogP contribution is 2.42. The van der Waals surface area contributed by atoms with E-state index in [0.29, 0.717) is 58.0 Å². The molecule has 0 unspecified atom stereocenters. The molecular formula is C52H62F2N12O10S2Si2. The summed E-state index contributed by atoms with van der Waals surface area (Å²) in [5.74, 6) is 1.73. The summed E-state index contributed by atoms with van der Waals surface area (Å²) in [7, 11) is -5.87. The van der Waals surface area contributed by atoms with Crippen molar-refractivity contribution in [2.24, 2.45) is 0 Å². The van der Waals surface area contributed by atoms with E-state index >= 15 is 0 Å². The standard InChI is InChI=1S/2C26H31FN6O5SSi/c2*1-18(15-23-28-16-19(27)17-29-23)39(34,35)32(12-14-40(4,5)6)26-31-30-25(22-11-8-13-38-22)33(26)24-20(36-2)9-7-10-21(24)37-3/h2*7-11,13,15-17H,12,14H2,1-6H3/b18-15+;18-15-. The number of para-hydroxylation sites is 2. The number of anilines is 2. The molecular weight excluding hydrogens is 1110 g/mol. The van der Waals surface area contributed by atoms with Gasteiger partial charge in [-0.25, -0.2) is 54.2 Å². The highest BCUT2D eigenvalue weighted by molar-refractivity contribution is 7.97. The molecule has 0 saturated carbocycles. The van der Waals surface area contributed by atoms with Crippen LogP contribution in [-0.4, -0.2) is 124 Å². The van der Waals surface area contributed by atoms with Crippen molar-refractivity contribution in [3.63, 3.8) is 0 Å². The minimum atomic E-state index is -4.20. The Bertz CT molecular complexity index is 3400. The number of methoxy groups -OCH3 is 4. The molecule has 0 aliphatic heterocycles. The number of nitrogens with zero attached hydrogens (tertiary/aromatic N) is 12. The predicted molar refractivity (Wildman–Crippen MR) is 304 cm³/mol. The Morgan fingerprint density at radius 2 is 0.863 bits per heavy atom. The molecule has 0 fully saturated rings. The molecule has 0 radical (unpaired) electrons. The number of hydrogen-bond donors (Lipinski definition) is 0. The monoisotopic (exact) mass is 1170 g/mol. The largest absolute Gasteiger partial charge is 0.494 e. The van der Waals surface area contributed by atoms with Crippen LogP contribution in [0.2, 0.25) is 51.4 Å². The number of ether oxygens (including phenoxy) is 4. The summed E-state index contributed by atoms with van der Waals surface area (Å²) in [5, 5.41) is 17.4. The Morgan fingerprint density at radius 1 is 0.537 bits per heavy atom. The molecule has 0 bridgehead atoms. The van der Waals surface area contributed by atoms with E-state index in [1.54, 1.807) is 69.8 Å². The number of halogens is 2. The minimum absolute atomic E-state index is 0.0141. The lowest BCUT2D eigenvalue weighted by Crippen LogP contribution is -2.38. The Balaban J connectivity index is 0.000000231. The van der Waals surface area contributed by atoms with E-state index in [2.05, 4.69) is 79.6 Å². The maximum absolute atomic E-state index is 14.2. The molecule has 424 valence electrons. The van der Waals surface area contributed by atoms with Crippen molar-refractivity contribution < 1.29 is 53.4 Å². The molecule has 0 N–H and O–H groups in total. The molecule has 6 heterocycles. The fraction of sp³-hybridized carbons (Fsp3) is 0.308. The van der Waals surface area contributed by atoms with Gasteiger partial charge in [0.2, 0.25) is 23.5 Å². The molecule has 28 heteroatoms. The molecule has 22 nitrogen and oxygen atoms in total. The van der Waals surface area contributed by atoms with E-state index in [1.807, 2.05) is 0 Å². The van der Waals surface area contributed by atoms with Gasteiger partial charge in [-0.3, -0.25) is 9.13 Å². The first-order chi connectivity index (χ1) is 37.9.